The molecule has 2 rings (SSSR count). The third kappa shape index (κ3) is 3.43. The van der Waals surface area contributed by atoms with Crippen molar-refractivity contribution < 1.29 is 14.8 Å². The van der Waals surface area contributed by atoms with Gasteiger partial charge in [-0.15, -0.1) is 0 Å². The minimum Gasteiger partial charge on any atom is -0.481 e. The quantitative estimate of drug-likeness (QED) is 0.498. The van der Waals surface area contributed by atoms with E-state index in [-0.39, 0.29) is 11.7 Å². The summed E-state index contributed by atoms with van der Waals surface area (Å²) in [7, 11) is 0. The second-order valence-electron chi connectivity index (χ2n) is 4.99. The van der Waals surface area contributed by atoms with Gasteiger partial charge in [0.25, 0.3) is 5.69 Å². The van der Waals surface area contributed by atoms with E-state index in [2.05, 4.69) is 10.3 Å². The molecule has 0 aromatic carbocycles. The van der Waals surface area contributed by atoms with E-state index in [1.807, 2.05) is 0 Å². The number of carbonyl (C=O) groups is 1. The first-order valence-corrected chi connectivity index (χ1v) is 6.67. The smallest absolute Gasteiger partial charge is 0.308 e. The summed E-state index contributed by atoms with van der Waals surface area (Å²) in [4.78, 5) is 25.3. The van der Waals surface area contributed by atoms with Gasteiger partial charge in [-0.2, -0.15) is 0 Å². The van der Waals surface area contributed by atoms with Crippen molar-refractivity contribution in [1.29, 1.82) is 0 Å². The number of carboxylic acid groups (broad SMARTS) is 1. The van der Waals surface area contributed by atoms with Crippen LogP contribution in [0.2, 0.25) is 0 Å². The summed E-state index contributed by atoms with van der Waals surface area (Å²) in [5, 5.41) is 22.9. The summed E-state index contributed by atoms with van der Waals surface area (Å²) in [5.41, 5.74) is -0.0776. The van der Waals surface area contributed by atoms with Crippen LogP contribution in [0.5, 0.6) is 0 Å². The zero-order valence-electron chi connectivity index (χ0n) is 11.0. The molecule has 0 bridgehead atoms. The van der Waals surface area contributed by atoms with Gasteiger partial charge in [-0.05, 0) is 18.9 Å². The van der Waals surface area contributed by atoms with E-state index in [0.717, 1.165) is 25.7 Å². The summed E-state index contributed by atoms with van der Waals surface area (Å²) in [6.07, 6.45) is 5.54. The summed E-state index contributed by atoms with van der Waals surface area (Å²) in [6, 6.07) is 2.70. The fraction of sp³-hybridized carbons (Fsp3) is 0.538. The van der Waals surface area contributed by atoms with Crippen molar-refractivity contribution in [1.82, 2.24) is 4.98 Å². The molecule has 2 N–H and O–H groups in total. The van der Waals surface area contributed by atoms with Gasteiger partial charge < -0.3 is 10.4 Å². The first-order valence-electron chi connectivity index (χ1n) is 6.67. The molecule has 7 heteroatoms. The highest BCUT2D eigenvalue weighted by Crippen LogP contribution is 2.26. The van der Waals surface area contributed by atoms with Gasteiger partial charge in [-0.1, -0.05) is 19.3 Å². The number of carboxylic acids is 1. The first-order chi connectivity index (χ1) is 9.58. The average Bonchev–Trinajstić information content (AvgIpc) is 2.65. The van der Waals surface area contributed by atoms with Crippen LogP contribution in [0, 0.1) is 16.0 Å². The largest absolute Gasteiger partial charge is 0.481 e. The molecule has 7 nitrogen and oxygen atoms in total. The standard InChI is InChI=1S/C13H17N3O4/c17-13(18)10-4-2-1-3-5-11(10)15-12-7-6-9(8-14-12)16(19)20/h6-8,10-11H,1-5H2,(H,14,15)(H,17,18). The second kappa shape index (κ2) is 6.31. The summed E-state index contributed by atoms with van der Waals surface area (Å²) < 4.78 is 0. The molecule has 0 spiro atoms. The van der Waals surface area contributed by atoms with E-state index in [4.69, 9.17) is 0 Å². The lowest BCUT2D eigenvalue weighted by molar-refractivity contribution is -0.385. The zero-order chi connectivity index (χ0) is 14.5. The average molecular weight is 279 g/mol. The van der Waals surface area contributed by atoms with Crippen LogP contribution < -0.4 is 5.32 Å². The monoisotopic (exact) mass is 279 g/mol. The fourth-order valence-corrected chi connectivity index (χ4v) is 2.55. The van der Waals surface area contributed by atoms with Crippen LogP contribution in [-0.2, 0) is 4.79 Å². The Bertz CT molecular complexity index is 489. The van der Waals surface area contributed by atoms with Crippen molar-refractivity contribution in [2.45, 2.75) is 38.1 Å². The third-order valence-electron chi connectivity index (χ3n) is 3.63. The van der Waals surface area contributed by atoms with Crippen molar-refractivity contribution in [2.75, 3.05) is 5.32 Å². The molecule has 0 aliphatic heterocycles. The molecule has 1 aliphatic rings. The van der Waals surface area contributed by atoms with Crippen molar-refractivity contribution >= 4 is 17.5 Å². The van der Waals surface area contributed by atoms with E-state index in [0.29, 0.717) is 12.2 Å². The van der Waals surface area contributed by atoms with Crippen LogP contribution in [0.1, 0.15) is 32.1 Å². The van der Waals surface area contributed by atoms with Crippen LogP contribution in [-0.4, -0.2) is 27.0 Å². The van der Waals surface area contributed by atoms with Gasteiger partial charge in [0.2, 0.25) is 0 Å². The molecule has 1 saturated carbocycles. The van der Waals surface area contributed by atoms with Gasteiger partial charge in [0.15, 0.2) is 0 Å². The predicted octanol–water partition coefficient (Wildman–Crippen LogP) is 2.44. The summed E-state index contributed by atoms with van der Waals surface area (Å²) in [5.74, 6) is -0.755. The Morgan fingerprint density at radius 3 is 2.70 bits per heavy atom. The molecule has 1 fully saturated rings. The number of hydrogen-bond donors (Lipinski definition) is 2. The minimum atomic E-state index is -0.800. The maximum Gasteiger partial charge on any atom is 0.308 e. The van der Waals surface area contributed by atoms with Gasteiger partial charge in [0.1, 0.15) is 12.0 Å². The van der Waals surface area contributed by atoms with Gasteiger partial charge in [-0.3, -0.25) is 14.9 Å². The molecule has 20 heavy (non-hydrogen) atoms. The number of anilines is 1. The normalized spacial score (nSPS) is 22.8. The van der Waals surface area contributed by atoms with Crippen molar-refractivity contribution in [3.63, 3.8) is 0 Å². The molecular weight excluding hydrogens is 262 g/mol. The predicted molar refractivity (Wildman–Crippen MR) is 72.5 cm³/mol. The Morgan fingerprint density at radius 2 is 2.10 bits per heavy atom. The lowest BCUT2D eigenvalue weighted by Crippen LogP contribution is -2.34. The van der Waals surface area contributed by atoms with E-state index in [1.54, 1.807) is 0 Å². The number of pyridine rings is 1. The van der Waals surface area contributed by atoms with Crippen LogP contribution >= 0.6 is 0 Å². The lowest BCUT2D eigenvalue weighted by Gasteiger charge is -2.23. The molecule has 1 aromatic heterocycles. The summed E-state index contributed by atoms with van der Waals surface area (Å²) in [6.45, 7) is 0. The Morgan fingerprint density at radius 1 is 1.35 bits per heavy atom. The molecule has 0 amide bonds. The number of rotatable bonds is 4. The number of nitrogens with zero attached hydrogens (tertiary/aromatic N) is 2. The fourth-order valence-electron chi connectivity index (χ4n) is 2.55. The molecule has 1 aliphatic carbocycles. The van der Waals surface area contributed by atoms with E-state index in [1.165, 1.54) is 18.3 Å². The highest BCUT2D eigenvalue weighted by atomic mass is 16.6. The highest BCUT2D eigenvalue weighted by molar-refractivity contribution is 5.71. The number of aliphatic carboxylic acids is 1. The van der Waals surface area contributed by atoms with Crippen LogP contribution in [0.3, 0.4) is 0 Å². The van der Waals surface area contributed by atoms with Crippen LogP contribution in [0.15, 0.2) is 18.3 Å². The SMILES string of the molecule is O=C(O)C1CCCCCC1Nc1ccc([N+](=O)[O-])cn1. The zero-order valence-corrected chi connectivity index (χ0v) is 11.0. The maximum atomic E-state index is 11.3. The van der Waals surface area contributed by atoms with Gasteiger partial charge in [-0.25, -0.2) is 4.98 Å². The van der Waals surface area contributed by atoms with Crippen LogP contribution in [0.4, 0.5) is 11.5 Å². The highest BCUT2D eigenvalue weighted by Gasteiger charge is 2.29. The number of aromatic nitrogens is 1. The Balaban J connectivity index is 2.09. The molecule has 1 aromatic rings. The van der Waals surface area contributed by atoms with Gasteiger partial charge >= 0.3 is 5.97 Å². The van der Waals surface area contributed by atoms with E-state index < -0.39 is 16.8 Å². The Kier molecular flexibility index (Phi) is 4.49. The lowest BCUT2D eigenvalue weighted by atomic mass is 9.95. The van der Waals surface area contributed by atoms with Gasteiger partial charge in [0, 0.05) is 12.1 Å². The maximum absolute atomic E-state index is 11.3. The number of nitrogens with one attached hydrogen (secondary N) is 1. The number of hydrogen-bond acceptors (Lipinski definition) is 5. The van der Waals surface area contributed by atoms with Crippen molar-refractivity contribution in [2.24, 2.45) is 5.92 Å². The molecule has 0 radical (unpaired) electrons. The molecule has 2 unspecified atom stereocenters. The van der Waals surface area contributed by atoms with Gasteiger partial charge in [0.05, 0.1) is 10.8 Å². The van der Waals surface area contributed by atoms with E-state index >= 15 is 0 Å². The van der Waals surface area contributed by atoms with E-state index in [9.17, 15) is 20.0 Å². The second-order valence-corrected chi connectivity index (χ2v) is 4.99. The Labute approximate surface area is 116 Å². The molecular formula is C13H17N3O4. The minimum absolute atomic E-state index is 0.0776. The molecule has 1 heterocycles. The Hall–Kier alpha value is -2.18. The van der Waals surface area contributed by atoms with Crippen LogP contribution in [0.25, 0.3) is 0 Å². The third-order valence-corrected chi connectivity index (χ3v) is 3.63. The topological polar surface area (TPSA) is 105 Å². The molecule has 0 saturated heterocycles. The molecule has 108 valence electrons. The number of nitro groups is 1. The molecule has 2 atom stereocenters. The summed E-state index contributed by atoms with van der Waals surface area (Å²) >= 11 is 0. The first kappa shape index (κ1) is 14.2. The van der Waals surface area contributed by atoms with Crippen molar-refractivity contribution in [3.8, 4) is 0 Å². The van der Waals surface area contributed by atoms with Crippen molar-refractivity contribution in [3.05, 3.63) is 28.4 Å².